The van der Waals surface area contributed by atoms with Crippen LogP contribution < -0.4 is 4.74 Å². The number of carbonyl (C=O) groups is 1. The molecule has 0 amide bonds. The fraction of sp³-hybridized carbons (Fsp3) is 0.0833. The van der Waals surface area contributed by atoms with Crippen molar-refractivity contribution < 1.29 is 19.2 Å². The Morgan fingerprint density at radius 2 is 1.81 bits per heavy atom. The summed E-state index contributed by atoms with van der Waals surface area (Å²) in [5.74, 6) is 0.0666. The Kier molecular flexibility index (Phi) is 6.00. The second-order valence-corrected chi connectivity index (χ2v) is 7.51. The third kappa shape index (κ3) is 4.84. The number of nitro benzene ring substituents is 1. The van der Waals surface area contributed by atoms with Crippen LogP contribution in [0.5, 0.6) is 5.75 Å². The largest absolute Gasteiger partial charge is 0.489 e. The van der Waals surface area contributed by atoms with E-state index in [-0.39, 0.29) is 22.3 Å². The molecule has 0 N–H and O–H groups in total. The molecule has 0 saturated carbocycles. The van der Waals surface area contributed by atoms with E-state index in [0.29, 0.717) is 17.9 Å². The monoisotopic (exact) mass is 448 g/mol. The lowest BCUT2D eigenvalue weighted by atomic mass is 10.1. The van der Waals surface area contributed by atoms with Crippen molar-refractivity contribution in [3.8, 4) is 5.75 Å². The number of non-ortho nitro benzene ring substituents is 1. The maximum atomic E-state index is 12.2. The van der Waals surface area contributed by atoms with Gasteiger partial charge in [0.15, 0.2) is 5.70 Å². The summed E-state index contributed by atoms with van der Waals surface area (Å²) >= 11 is 6.10. The van der Waals surface area contributed by atoms with Crippen LogP contribution in [0.1, 0.15) is 22.3 Å². The highest BCUT2D eigenvalue weighted by atomic mass is 35.5. The van der Waals surface area contributed by atoms with Crippen LogP contribution in [0.25, 0.3) is 6.08 Å². The smallest absolute Gasteiger partial charge is 0.363 e. The van der Waals surface area contributed by atoms with Gasteiger partial charge in [-0.05, 0) is 42.3 Å². The van der Waals surface area contributed by atoms with Gasteiger partial charge in [-0.1, -0.05) is 53.6 Å². The first-order valence-corrected chi connectivity index (χ1v) is 10.0. The molecule has 0 aromatic heterocycles. The number of nitrogens with zero attached hydrogens (tertiary/aromatic N) is 2. The molecule has 0 bridgehead atoms. The van der Waals surface area contributed by atoms with Crippen LogP contribution in [0, 0.1) is 17.0 Å². The van der Waals surface area contributed by atoms with E-state index >= 15 is 0 Å². The lowest BCUT2D eigenvalue weighted by molar-refractivity contribution is -0.384. The van der Waals surface area contributed by atoms with Crippen LogP contribution in [0.4, 0.5) is 5.69 Å². The number of esters is 1. The number of nitro groups is 1. The molecule has 0 saturated heterocycles. The first kappa shape index (κ1) is 21.3. The van der Waals surface area contributed by atoms with Crippen molar-refractivity contribution in [1.82, 2.24) is 0 Å². The summed E-state index contributed by atoms with van der Waals surface area (Å²) in [6.07, 6.45) is 1.58. The van der Waals surface area contributed by atoms with Gasteiger partial charge in [0.2, 0.25) is 5.90 Å². The highest BCUT2D eigenvalue weighted by molar-refractivity contribution is 6.34. The summed E-state index contributed by atoms with van der Waals surface area (Å²) in [6, 6.07) is 19.2. The Bertz CT molecular complexity index is 1250. The topological polar surface area (TPSA) is 91.0 Å². The molecule has 1 heterocycles. The zero-order valence-corrected chi connectivity index (χ0v) is 17.7. The van der Waals surface area contributed by atoms with Crippen molar-refractivity contribution in [2.75, 3.05) is 0 Å². The number of hydrogen-bond donors (Lipinski definition) is 0. The van der Waals surface area contributed by atoms with Gasteiger partial charge in [-0.25, -0.2) is 9.79 Å². The van der Waals surface area contributed by atoms with Gasteiger partial charge in [0.05, 0.1) is 15.5 Å². The molecule has 3 aromatic carbocycles. The highest BCUT2D eigenvalue weighted by Crippen LogP contribution is 2.27. The minimum absolute atomic E-state index is 0.000741. The normalized spacial score (nSPS) is 14.2. The molecule has 0 spiro atoms. The lowest BCUT2D eigenvalue weighted by Gasteiger charge is -2.07. The zero-order valence-electron chi connectivity index (χ0n) is 16.9. The summed E-state index contributed by atoms with van der Waals surface area (Å²) in [5.41, 5.74) is 3.24. The predicted molar refractivity (Wildman–Crippen MR) is 121 cm³/mol. The fourth-order valence-corrected chi connectivity index (χ4v) is 3.24. The first-order chi connectivity index (χ1) is 15.4. The minimum Gasteiger partial charge on any atom is -0.489 e. The number of ether oxygens (including phenoxy) is 2. The van der Waals surface area contributed by atoms with Gasteiger partial charge in [0, 0.05) is 12.1 Å². The number of cyclic esters (lactones) is 1. The van der Waals surface area contributed by atoms with Crippen LogP contribution in [-0.4, -0.2) is 16.8 Å². The molecule has 4 rings (SSSR count). The minimum atomic E-state index is -0.630. The van der Waals surface area contributed by atoms with Gasteiger partial charge in [-0.15, -0.1) is 0 Å². The van der Waals surface area contributed by atoms with E-state index in [4.69, 9.17) is 21.1 Å². The maximum absolute atomic E-state index is 12.2. The van der Waals surface area contributed by atoms with Gasteiger partial charge in [0.1, 0.15) is 12.4 Å². The van der Waals surface area contributed by atoms with E-state index in [1.807, 2.05) is 31.2 Å². The van der Waals surface area contributed by atoms with Gasteiger partial charge in [-0.3, -0.25) is 10.1 Å². The summed E-state index contributed by atoms with van der Waals surface area (Å²) in [5, 5.41) is 10.9. The number of aliphatic imine (C=N–C) groups is 1. The number of carbonyl (C=O) groups excluding carboxylic acids is 1. The maximum Gasteiger partial charge on any atom is 0.363 e. The molecule has 1 aliphatic heterocycles. The number of halogens is 1. The lowest BCUT2D eigenvalue weighted by Crippen LogP contribution is -2.06. The summed E-state index contributed by atoms with van der Waals surface area (Å²) < 4.78 is 11.0. The fourth-order valence-electron chi connectivity index (χ4n) is 2.98. The van der Waals surface area contributed by atoms with Crippen molar-refractivity contribution in [2.45, 2.75) is 13.5 Å². The van der Waals surface area contributed by atoms with E-state index in [2.05, 4.69) is 4.99 Å². The summed E-state index contributed by atoms with van der Waals surface area (Å²) in [4.78, 5) is 26.7. The third-order valence-corrected chi connectivity index (χ3v) is 5.04. The Morgan fingerprint density at radius 3 is 2.47 bits per heavy atom. The molecule has 0 unspecified atom stereocenters. The Labute approximate surface area is 188 Å². The molecule has 1 aliphatic rings. The molecule has 0 atom stereocenters. The third-order valence-electron chi connectivity index (χ3n) is 4.72. The van der Waals surface area contributed by atoms with Crippen LogP contribution in [0.3, 0.4) is 0 Å². The standard InChI is InChI=1S/C24H17ClN2O5/c1-15-2-4-17(5-3-15)14-31-19-9-6-16(7-10-19)12-22-24(28)32-23(26-22)20-11-8-18(27(29)30)13-21(20)25/h2-13H,14H2,1H3. The second-order valence-electron chi connectivity index (χ2n) is 7.10. The van der Waals surface area contributed by atoms with Crippen LogP contribution in [0.2, 0.25) is 5.02 Å². The predicted octanol–water partition coefficient (Wildman–Crippen LogP) is 5.48. The Hall–Kier alpha value is -3.97. The summed E-state index contributed by atoms with van der Waals surface area (Å²) in [6.45, 7) is 2.49. The van der Waals surface area contributed by atoms with E-state index in [9.17, 15) is 14.9 Å². The van der Waals surface area contributed by atoms with Crippen LogP contribution in [0.15, 0.2) is 77.4 Å². The molecule has 3 aromatic rings. The Morgan fingerprint density at radius 1 is 1.09 bits per heavy atom. The molecule has 8 heteroatoms. The van der Waals surface area contributed by atoms with Crippen molar-refractivity contribution in [3.05, 3.63) is 110 Å². The second kappa shape index (κ2) is 9.03. The molecule has 0 aliphatic carbocycles. The van der Waals surface area contributed by atoms with Crippen molar-refractivity contribution >= 4 is 35.2 Å². The molecule has 0 radical (unpaired) electrons. The van der Waals surface area contributed by atoms with Crippen molar-refractivity contribution in [2.24, 2.45) is 4.99 Å². The van der Waals surface area contributed by atoms with Gasteiger partial charge in [0.25, 0.3) is 5.69 Å². The van der Waals surface area contributed by atoms with Gasteiger partial charge >= 0.3 is 5.97 Å². The van der Waals surface area contributed by atoms with Crippen molar-refractivity contribution in [1.29, 1.82) is 0 Å². The van der Waals surface area contributed by atoms with E-state index in [1.165, 1.54) is 23.8 Å². The average molecular weight is 449 g/mol. The number of rotatable bonds is 6. The van der Waals surface area contributed by atoms with E-state index in [0.717, 1.165) is 11.1 Å². The van der Waals surface area contributed by atoms with Gasteiger partial charge < -0.3 is 9.47 Å². The Balaban J connectivity index is 1.47. The van der Waals surface area contributed by atoms with E-state index in [1.54, 1.807) is 30.3 Å². The quantitative estimate of drug-likeness (QED) is 0.215. The first-order valence-electron chi connectivity index (χ1n) is 9.64. The molecule has 32 heavy (non-hydrogen) atoms. The number of hydrogen-bond acceptors (Lipinski definition) is 6. The molecule has 160 valence electrons. The SMILES string of the molecule is Cc1ccc(COc2ccc(C=C3N=C(c4ccc([N+](=O)[O-])cc4Cl)OC3=O)cc2)cc1. The van der Waals surface area contributed by atoms with Crippen LogP contribution in [-0.2, 0) is 16.1 Å². The number of aryl methyl sites for hydroxylation is 1. The molecule has 7 nitrogen and oxygen atoms in total. The molecular formula is C24H17ClN2O5. The molecular weight excluding hydrogens is 432 g/mol. The zero-order chi connectivity index (χ0) is 22.7. The van der Waals surface area contributed by atoms with Gasteiger partial charge in [-0.2, -0.15) is 0 Å². The number of benzene rings is 3. The average Bonchev–Trinajstić information content (AvgIpc) is 3.14. The molecule has 0 fully saturated rings. The van der Waals surface area contributed by atoms with E-state index < -0.39 is 10.9 Å². The highest BCUT2D eigenvalue weighted by Gasteiger charge is 2.26. The summed E-state index contributed by atoms with van der Waals surface area (Å²) in [7, 11) is 0. The van der Waals surface area contributed by atoms with Crippen LogP contribution >= 0.6 is 11.6 Å². The van der Waals surface area contributed by atoms with Crippen molar-refractivity contribution in [3.63, 3.8) is 0 Å².